The molecule has 1 amide bonds. The average Bonchev–Trinajstić information content (AvgIpc) is 2.51. The van der Waals surface area contributed by atoms with E-state index in [1.54, 1.807) is 23.2 Å². The molecule has 1 unspecified atom stereocenters. The van der Waals surface area contributed by atoms with Gasteiger partial charge in [-0.15, -0.1) is 0 Å². The van der Waals surface area contributed by atoms with E-state index in [1.807, 2.05) is 20.8 Å². The van der Waals surface area contributed by atoms with Gasteiger partial charge in [0.05, 0.1) is 6.04 Å². The van der Waals surface area contributed by atoms with Gasteiger partial charge in [-0.3, -0.25) is 0 Å². The van der Waals surface area contributed by atoms with Crippen molar-refractivity contribution in [2.75, 3.05) is 13.2 Å². The van der Waals surface area contributed by atoms with Gasteiger partial charge in [-0.25, -0.2) is 9.78 Å². The van der Waals surface area contributed by atoms with Crippen molar-refractivity contribution in [2.45, 2.75) is 51.7 Å². The molecule has 2 heterocycles. The van der Waals surface area contributed by atoms with E-state index < -0.39 is 5.60 Å². The fraction of sp³-hybridized carbons (Fsp3) is 0.588. The second kappa shape index (κ2) is 7.32. The van der Waals surface area contributed by atoms with E-state index in [0.29, 0.717) is 24.6 Å². The van der Waals surface area contributed by atoms with Gasteiger partial charge in [0.15, 0.2) is 0 Å². The Kier molecular flexibility index (Phi) is 5.43. The molecule has 1 aliphatic heterocycles. The number of aromatic nitrogens is 1. The molecule has 1 saturated heterocycles. The van der Waals surface area contributed by atoms with Gasteiger partial charge < -0.3 is 14.4 Å². The van der Waals surface area contributed by atoms with Crippen LogP contribution in [-0.4, -0.2) is 40.8 Å². The molecular weight excluding hydrogens is 294 g/mol. The monoisotopic (exact) mass is 317 g/mol. The Balaban J connectivity index is 2.01. The summed E-state index contributed by atoms with van der Waals surface area (Å²) in [6.07, 6.45) is 4.13. The zero-order chi connectivity index (χ0) is 16.9. The number of nitrogens with zero attached hydrogens (tertiary/aromatic N) is 3. The number of ether oxygens (including phenoxy) is 2. The Morgan fingerprint density at radius 3 is 2.96 bits per heavy atom. The molecule has 0 spiro atoms. The lowest BCUT2D eigenvalue weighted by Crippen LogP contribution is -2.48. The summed E-state index contributed by atoms with van der Waals surface area (Å²) in [4.78, 5) is 18.1. The third-order valence-corrected chi connectivity index (χ3v) is 3.56. The van der Waals surface area contributed by atoms with Crippen LogP contribution in [0.1, 0.15) is 45.6 Å². The molecule has 2 rings (SSSR count). The second-order valence-corrected chi connectivity index (χ2v) is 6.60. The number of carbonyl (C=O) groups is 1. The van der Waals surface area contributed by atoms with E-state index in [9.17, 15) is 4.79 Å². The molecule has 6 nitrogen and oxygen atoms in total. The first kappa shape index (κ1) is 17.1. The van der Waals surface area contributed by atoms with Gasteiger partial charge in [0.2, 0.25) is 5.88 Å². The first-order valence-corrected chi connectivity index (χ1v) is 7.88. The summed E-state index contributed by atoms with van der Waals surface area (Å²) in [7, 11) is 0. The number of rotatable bonds is 3. The van der Waals surface area contributed by atoms with E-state index in [2.05, 4.69) is 11.1 Å². The summed E-state index contributed by atoms with van der Waals surface area (Å²) >= 11 is 0. The first-order valence-electron chi connectivity index (χ1n) is 7.88. The van der Waals surface area contributed by atoms with Crippen molar-refractivity contribution in [3.05, 3.63) is 23.9 Å². The lowest BCUT2D eigenvalue weighted by molar-refractivity contribution is 0.00334. The van der Waals surface area contributed by atoms with E-state index in [1.165, 1.54) is 0 Å². The van der Waals surface area contributed by atoms with Gasteiger partial charge in [0, 0.05) is 12.7 Å². The predicted molar refractivity (Wildman–Crippen MR) is 85.0 cm³/mol. The van der Waals surface area contributed by atoms with Gasteiger partial charge in [-0.05, 0) is 52.2 Å². The Morgan fingerprint density at radius 1 is 1.48 bits per heavy atom. The van der Waals surface area contributed by atoms with Crippen molar-refractivity contribution >= 4 is 6.09 Å². The Labute approximate surface area is 137 Å². The van der Waals surface area contributed by atoms with Crippen LogP contribution in [-0.2, 0) is 4.74 Å². The third-order valence-electron chi connectivity index (χ3n) is 3.56. The van der Waals surface area contributed by atoms with Crippen LogP contribution in [0.15, 0.2) is 18.3 Å². The minimum atomic E-state index is -0.519. The quantitative estimate of drug-likeness (QED) is 0.856. The molecule has 0 bridgehead atoms. The number of hydrogen-bond acceptors (Lipinski definition) is 5. The zero-order valence-corrected chi connectivity index (χ0v) is 13.9. The number of carbonyl (C=O) groups excluding carboxylic acids is 1. The van der Waals surface area contributed by atoms with Crippen LogP contribution < -0.4 is 4.74 Å². The van der Waals surface area contributed by atoms with Gasteiger partial charge in [0.1, 0.15) is 23.8 Å². The smallest absolute Gasteiger partial charge is 0.410 e. The standard InChI is InChI=1S/C17H23N3O3/c1-17(2,3)23-16(21)20-10-5-4-8-14(20)12-22-15-13(11-18)7-6-9-19-15/h6-7,9,14H,4-5,8,10,12H2,1-3H3. The van der Waals surface area contributed by atoms with Crippen LogP contribution >= 0.6 is 0 Å². The first-order chi connectivity index (χ1) is 10.9. The molecule has 0 saturated carbocycles. The number of nitriles is 1. The van der Waals surface area contributed by atoms with Crippen molar-refractivity contribution in [1.29, 1.82) is 5.26 Å². The molecule has 6 heteroatoms. The molecule has 124 valence electrons. The highest BCUT2D eigenvalue weighted by atomic mass is 16.6. The summed E-state index contributed by atoms with van der Waals surface area (Å²) in [5.74, 6) is 0.310. The van der Waals surface area contributed by atoms with E-state index in [0.717, 1.165) is 19.3 Å². The average molecular weight is 317 g/mol. The second-order valence-electron chi connectivity index (χ2n) is 6.60. The van der Waals surface area contributed by atoms with E-state index in [4.69, 9.17) is 14.7 Å². The van der Waals surface area contributed by atoms with Gasteiger partial charge in [0.25, 0.3) is 0 Å². The summed E-state index contributed by atoms with van der Waals surface area (Å²) in [6, 6.07) is 5.35. The Hall–Kier alpha value is -2.29. The predicted octanol–water partition coefficient (Wildman–Crippen LogP) is 3.12. The number of hydrogen-bond donors (Lipinski definition) is 0. The molecule has 1 fully saturated rings. The molecule has 0 aliphatic carbocycles. The van der Waals surface area contributed by atoms with E-state index in [-0.39, 0.29) is 12.1 Å². The maximum atomic E-state index is 12.3. The molecular formula is C17H23N3O3. The normalized spacial score (nSPS) is 18.2. The lowest BCUT2D eigenvalue weighted by atomic mass is 10.0. The Morgan fingerprint density at radius 2 is 2.26 bits per heavy atom. The van der Waals surface area contributed by atoms with Crippen LogP contribution in [0.5, 0.6) is 5.88 Å². The molecule has 23 heavy (non-hydrogen) atoms. The van der Waals surface area contributed by atoms with Crippen LogP contribution in [0.2, 0.25) is 0 Å². The minimum Gasteiger partial charge on any atom is -0.475 e. The third kappa shape index (κ3) is 4.85. The number of pyridine rings is 1. The number of amides is 1. The fourth-order valence-electron chi connectivity index (χ4n) is 2.50. The van der Waals surface area contributed by atoms with Crippen molar-refractivity contribution < 1.29 is 14.3 Å². The molecule has 0 N–H and O–H groups in total. The molecule has 0 radical (unpaired) electrons. The van der Waals surface area contributed by atoms with Crippen molar-refractivity contribution in [2.24, 2.45) is 0 Å². The van der Waals surface area contributed by atoms with Crippen molar-refractivity contribution in [3.8, 4) is 11.9 Å². The highest BCUT2D eigenvalue weighted by molar-refractivity contribution is 5.68. The van der Waals surface area contributed by atoms with Crippen LogP contribution in [0.4, 0.5) is 4.79 Å². The summed E-state index contributed by atoms with van der Waals surface area (Å²) in [5, 5.41) is 9.07. The molecule has 1 atom stereocenters. The lowest BCUT2D eigenvalue weighted by Gasteiger charge is -2.36. The van der Waals surface area contributed by atoms with Crippen LogP contribution in [0.25, 0.3) is 0 Å². The summed E-state index contributed by atoms with van der Waals surface area (Å²) in [5.41, 5.74) is -0.123. The maximum Gasteiger partial charge on any atom is 0.410 e. The maximum absolute atomic E-state index is 12.3. The SMILES string of the molecule is CC(C)(C)OC(=O)N1CCCCC1COc1ncccc1C#N. The largest absolute Gasteiger partial charge is 0.475 e. The highest BCUT2D eigenvalue weighted by Gasteiger charge is 2.31. The van der Waals surface area contributed by atoms with Crippen LogP contribution in [0, 0.1) is 11.3 Å². The van der Waals surface area contributed by atoms with E-state index >= 15 is 0 Å². The number of likely N-dealkylation sites (tertiary alicyclic amines) is 1. The molecule has 0 aromatic carbocycles. The molecule has 1 aliphatic rings. The van der Waals surface area contributed by atoms with Gasteiger partial charge in [-0.2, -0.15) is 5.26 Å². The summed E-state index contributed by atoms with van der Waals surface area (Å²) in [6.45, 7) is 6.54. The molecule has 1 aromatic heterocycles. The molecule has 1 aromatic rings. The van der Waals surface area contributed by atoms with Crippen molar-refractivity contribution in [1.82, 2.24) is 9.88 Å². The number of piperidine rings is 1. The van der Waals surface area contributed by atoms with Crippen molar-refractivity contribution in [3.63, 3.8) is 0 Å². The van der Waals surface area contributed by atoms with Gasteiger partial charge >= 0.3 is 6.09 Å². The Bertz CT molecular complexity index is 589. The van der Waals surface area contributed by atoms with Crippen LogP contribution in [0.3, 0.4) is 0 Å². The highest BCUT2D eigenvalue weighted by Crippen LogP contribution is 2.22. The summed E-state index contributed by atoms with van der Waals surface area (Å²) < 4.78 is 11.2. The fourth-order valence-corrected chi connectivity index (χ4v) is 2.50. The van der Waals surface area contributed by atoms with Gasteiger partial charge in [-0.1, -0.05) is 0 Å². The topological polar surface area (TPSA) is 75.4 Å². The minimum absolute atomic E-state index is 0.0628. The zero-order valence-electron chi connectivity index (χ0n) is 13.9.